The van der Waals surface area contributed by atoms with E-state index in [9.17, 15) is 4.79 Å². The molecule has 2 heterocycles. The lowest BCUT2D eigenvalue weighted by Gasteiger charge is -2.39. The summed E-state index contributed by atoms with van der Waals surface area (Å²) in [6.45, 7) is 6.96. The molecule has 0 aromatic carbocycles. The molecule has 6 heteroatoms. The number of piperidine rings is 1. The molecule has 2 atom stereocenters. The smallest absolute Gasteiger partial charge is 0.238 e. The fraction of sp³-hybridized carbons (Fsp3) is 0.714. The van der Waals surface area contributed by atoms with Gasteiger partial charge in [-0.05, 0) is 33.6 Å². The van der Waals surface area contributed by atoms with Crippen molar-refractivity contribution >= 4 is 11.6 Å². The SMILES string of the molecule is Cc1n[nH]c(C)c1NC(=O)CN1C(C)CCCC1CN. The summed E-state index contributed by atoms with van der Waals surface area (Å²) in [5.41, 5.74) is 8.33. The maximum absolute atomic E-state index is 12.3. The van der Waals surface area contributed by atoms with Gasteiger partial charge in [0.05, 0.1) is 23.6 Å². The molecule has 0 aliphatic carbocycles. The normalized spacial score (nSPS) is 23.8. The lowest BCUT2D eigenvalue weighted by molar-refractivity contribution is -0.118. The Bertz CT molecular complexity index is 451. The Balaban J connectivity index is 1.99. The third kappa shape index (κ3) is 3.19. The minimum absolute atomic E-state index is 0.00444. The summed E-state index contributed by atoms with van der Waals surface area (Å²) >= 11 is 0. The average molecular weight is 279 g/mol. The van der Waals surface area contributed by atoms with E-state index in [4.69, 9.17) is 5.73 Å². The van der Waals surface area contributed by atoms with Crippen molar-refractivity contribution in [3.05, 3.63) is 11.4 Å². The van der Waals surface area contributed by atoms with Crippen LogP contribution in [0.1, 0.15) is 37.6 Å². The van der Waals surface area contributed by atoms with Gasteiger partial charge in [-0.2, -0.15) is 5.10 Å². The molecule has 20 heavy (non-hydrogen) atoms. The first-order valence-electron chi connectivity index (χ1n) is 7.30. The number of aromatic nitrogens is 2. The van der Waals surface area contributed by atoms with Crippen molar-refractivity contribution < 1.29 is 4.79 Å². The van der Waals surface area contributed by atoms with Gasteiger partial charge < -0.3 is 11.1 Å². The number of anilines is 1. The molecule has 1 amide bonds. The second kappa shape index (κ2) is 6.37. The van der Waals surface area contributed by atoms with Gasteiger partial charge in [-0.15, -0.1) is 0 Å². The van der Waals surface area contributed by atoms with Gasteiger partial charge >= 0.3 is 0 Å². The van der Waals surface area contributed by atoms with Crippen molar-refractivity contribution in [1.29, 1.82) is 0 Å². The number of nitrogens with two attached hydrogens (primary N) is 1. The number of hydrogen-bond acceptors (Lipinski definition) is 4. The number of nitrogens with one attached hydrogen (secondary N) is 2. The molecule has 1 aliphatic rings. The van der Waals surface area contributed by atoms with Crippen LogP contribution in [0.25, 0.3) is 0 Å². The van der Waals surface area contributed by atoms with E-state index in [-0.39, 0.29) is 5.91 Å². The maximum atomic E-state index is 12.3. The van der Waals surface area contributed by atoms with E-state index < -0.39 is 0 Å². The minimum Gasteiger partial charge on any atom is -0.329 e. The van der Waals surface area contributed by atoms with Gasteiger partial charge in [0.1, 0.15) is 0 Å². The van der Waals surface area contributed by atoms with Crippen LogP contribution in [0, 0.1) is 13.8 Å². The first-order chi connectivity index (χ1) is 9.52. The number of carbonyl (C=O) groups excluding carboxylic acids is 1. The van der Waals surface area contributed by atoms with Crippen molar-refractivity contribution in [2.75, 3.05) is 18.4 Å². The number of aryl methyl sites for hydroxylation is 2. The molecule has 0 saturated carbocycles. The monoisotopic (exact) mass is 279 g/mol. The molecular formula is C14H25N5O. The first kappa shape index (κ1) is 15.0. The largest absolute Gasteiger partial charge is 0.329 e. The second-order valence-electron chi connectivity index (χ2n) is 5.70. The van der Waals surface area contributed by atoms with Crippen LogP contribution in [0.5, 0.6) is 0 Å². The predicted octanol–water partition coefficient (Wildman–Crippen LogP) is 1.17. The molecule has 2 unspecified atom stereocenters. The Labute approximate surface area is 120 Å². The van der Waals surface area contributed by atoms with Gasteiger partial charge in [-0.1, -0.05) is 6.42 Å². The van der Waals surface area contributed by atoms with Crippen LogP contribution in [-0.2, 0) is 4.79 Å². The van der Waals surface area contributed by atoms with Crippen molar-refractivity contribution in [3.8, 4) is 0 Å². The van der Waals surface area contributed by atoms with E-state index in [1.165, 1.54) is 6.42 Å². The van der Waals surface area contributed by atoms with Crippen molar-refractivity contribution in [2.24, 2.45) is 5.73 Å². The molecule has 0 bridgehead atoms. The number of carbonyl (C=O) groups is 1. The molecule has 4 N–H and O–H groups in total. The molecule has 1 aliphatic heterocycles. The van der Waals surface area contributed by atoms with Crippen molar-refractivity contribution in [2.45, 2.75) is 52.1 Å². The topological polar surface area (TPSA) is 87.0 Å². The van der Waals surface area contributed by atoms with Gasteiger partial charge in [0.2, 0.25) is 5.91 Å². The highest BCUT2D eigenvalue weighted by Crippen LogP contribution is 2.22. The van der Waals surface area contributed by atoms with Crippen LogP contribution in [0.15, 0.2) is 0 Å². The number of amides is 1. The molecule has 0 radical (unpaired) electrons. The molecule has 6 nitrogen and oxygen atoms in total. The minimum atomic E-state index is 0.00444. The summed E-state index contributed by atoms with van der Waals surface area (Å²) in [6.07, 6.45) is 3.41. The zero-order valence-corrected chi connectivity index (χ0v) is 12.6. The number of rotatable bonds is 4. The molecule has 1 fully saturated rings. The maximum Gasteiger partial charge on any atom is 0.238 e. The van der Waals surface area contributed by atoms with Crippen LogP contribution < -0.4 is 11.1 Å². The highest BCUT2D eigenvalue weighted by atomic mass is 16.2. The molecule has 1 aromatic rings. The Kier molecular flexibility index (Phi) is 4.77. The lowest BCUT2D eigenvalue weighted by atomic mass is 9.96. The zero-order valence-electron chi connectivity index (χ0n) is 12.6. The van der Waals surface area contributed by atoms with E-state index >= 15 is 0 Å². The molecule has 1 aromatic heterocycles. The fourth-order valence-corrected chi connectivity index (χ4v) is 2.96. The van der Waals surface area contributed by atoms with Gasteiger partial charge in [0, 0.05) is 18.6 Å². The van der Waals surface area contributed by atoms with E-state index in [0.29, 0.717) is 25.2 Å². The summed E-state index contributed by atoms with van der Waals surface area (Å²) in [7, 11) is 0. The van der Waals surface area contributed by atoms with Crippen LogP contribution in [0.2, 0.25) is 0 Å². The molecule has 112 valence electrons. The van der Waals surface area contributed by atoms with E-state index in [1.54, 1.807) is 0 Å². The summed E-state index contributed by atoms with van der Waals surface area (Å²) in [5.74, 6) is 0.00444. The van der Waals surface area contributed by atoms with Crippen LogP contribution in [-0.4, -0.2) is 46.2 Å². The highest BCUT2D eigenvalue weighted by molar-refractivity contribution is 5.93. The predicted molar refractivity (Wildman–Crippen MR) is 79.6 cm³/mol. The summed E-state index contributed by atoms with van der Waals surface area (Å²) < 4.78 is 0. The Hall–Kier alpha value is -1.40. The van der Waals surface area contributed by atoms with Crippen LogP contribution in [0.4, 0.5) is 5.69 Å². The third-order valence-electron chi connectivity index (χ3n) is 4.19. The molecule has 1 saturated heterocycles. The fourth-order valence-electron chi connectivity index (χ4n) is 2.96. The van der Waals surface area contributed by atoms with Gasteiger partial charge in [0.25, 0.3) is 0 Å². The van der Waals surface area contributed by atoms with E-state index in [2.05, 4.69) is 27.3 Å². The number of nitrogens with zero attached hydrogens (tertiary/aromatic N) is 2. The van der Waals surface area contributed by atoms with Crippen LogP contribution >= 0.6 is 0 Å². The molecule has 2 rings (SSSR count). The number of hydrogen-bond donors (Lipinski definition) is 3. The molecular weight excluding hydrogens is 254 g/mol. The Morgan fingerprint density at radius 2 is 2.25 bits per heavy atom. The number of H-pyrrole nitrogens is 1. The summed E-state index contributed by atoms with van der Waals surface area (Å²) in [6, 6.07) is 0.727. The Morgan fingerprint density at radius 1 is 1.50 bits per heavy atom. The van der Waals surface area contributed by atoms with Crippen LogP contribution in [0.3, 0.4) is 0 Å². The molecule has 0 spiro atoms. The van der Waals surface area contributed by atoms with Crippen molar-refractivity contribution in [1.82, 2.24) is 15.1 Å². The zero-order chi connectivity index (χ0) is 14.7. The van der Waals surface area contributed by atoms with Gasteiger partial charge in [-0.25, -0.2) is 0 Å². The average Bonchev–Trinajstić information content (AvgIpc) is 2.73. The lowest BCUT2D eigenvalue weighted by Crippen LogP contribution is -2.51. The van der Waals surface area contributed by atoms with E-state index in [1.807, 2.05) is 13.8 Å². The van der Waals surface area contributed by atoms with Gasteiger partial charge in [0.15, 0.2) is 0 Å². The van der Waals surface area contributed by atoms with Gasteiger partial charge in [-0.3, -0.25) is 14.8 Å². The standard InChI is InChI=1S/C14H25N5O/c1-9-5-4-6-12(7-15)19(9)8-13(20)16-14-10(2)17-18-11(14)3/h9,12H,4-8,15H2,1-3H3,(H,16,20)(H,17,18). The van der Waals surface area contributed by atoms with Crippen molar-refractivity contribution in [3.63, 3.8) is 0 Å². The second-order valence-corrected chi connectivity index (χ2v) is 5.70. The Morgan fingerprint density at radius 3 is 2.85 bits per heavy atom. The van der Waals surface area contributed by atoms with E-state index in [0.717, 1.165) is 29.9 Å². The summed E-state index contributed by atoms with van der Waals surface area (Å²) in [4.78, 5) is 14.5. The number of aromatic amines is 1. The highest BCUT2D eigenvalue weighted by Gasteiger charge is 2.28. The quantitative estimate of drug-likeness (QED) is 0.772. The summed E-state index contributed by atoms with van der Waals surface area (Å²) in [5, 5.41) is 9.92. The first-order valence-corrected chi connectivity index (χ1v) is 7.30. The number of likely N-dealkylation sites (tertiary alicyclic amines) is 1. The third-order valence-corrected chi connectivity index (χ3v) is 4.19.